The van der Waals surface area contributed by atoms with E-state index in [0.29, 0.717) is 23.7 Å². The van der Waals surface area contributed by atoms with Crippen molar-refractivity contribution in [3.63, 3.8) is 0 Å². The molecule has 0 spiro atoms. The van der Waals surface area contributed by atoms with Gasteiger partial charge in [-0.15, -0.1) is 0 Å². The van der Waals surface area contributed by atoms with Crippen molar-refractivity contribution in [1.29, 1.82) is 0 Å². The Hall–Kier alpha value is -1.96. The van der Waals surface area contributed by atoms with E-state index in [1.807, 2.05) is 4.90 Å². The van der Waals surface area contributed by atoms with Crippen LogP contribution in [0.4, 0.5) is 10.1 Å². The molecule has 0 radical (unpaired) electrons. The number of hydrogen-bond donors (Lipinski definition) is 0. The van der Waals surface area contributed by atoms with Gasteiger partial charge in [0.05, 0.1) is 24.1 Å². The summed E-state index contributed by atoms with van der Waals surface area (Å²) < 4.78 is 37.8. The van der Waals surface area contributed by atoms with Gasteiger partial charge in [-0.2, -0.15) is 0 Å². The van der Waals surface area contributed by atoms with Crippen molar-refractivity contribution in [2.75, 3.05) is 29.5 Å². The van der Waals surface area contributed by atoms with E-state index < -0.39 is 15.9 Å². The van der Waals surface area contributed by atoms with E-state index in [-0.39, 0.29) is 35.8 Å². The Labute approximate surface area is 168 Å². The van der Waals surface area contributed by atoms with Crippen molar-refractivity contribution in [3.05, 3.63) is 64.9 Å². The Morgan fingerprint density at radius 2 is 1.64 bits per heavy atom. The maximum atomic E-state index is 13.1. The third-order valence-electron chi connectivity index (χ3n) is 5.41. The Balaban J connectivity index is 1.57. The maximum Gasteiger partial charge on any atom is 0.241 e. The van der Waals surface area contributed by atoms with Gasteiger partial charge in [-0.1, -0.05) is 23.7 Å². The summed E-state index contributed by atoms with van der Waals surface area (Å²) in [5, 5.41) is 0.560. The molecule has 0 N–H and O–H groups in total. The molecule has 2 aromatic carbocycles. The molecule has 2 saturated heterocycles. The molecular weight excluding hydrogens is 403 g/mol. The number of hydrogen-bond acceptors (Lipinski definition) is 4. The third kappa shape index (κ3) is 3.92. The van der Waals surface area contributed by atoms with Crippen molar-refractivity contribution in [1.82, 2.24) is 4.90 Å². The molecule has 0 aliphatic carbocycles. The number of piperazine rings is 1. The second kappa shape index (κ2) is 7.46. The van der Waals surface area contributed by atoms with E-state index >= 15 is 0 Å². The number of nitrogens with zero attached hydrogens (tertiary/aromatic N) is 2. The summed E-state index contributed by atoms with van der Waals surface area (Å²) in [6, 6.07) is 12.5. The highest BCUT2D eigenvalue weighted by Crippen LogP contribution is 2.32. The van der Waals surface area contributed by atoms with Crippen molar-refractivity contribution >= 4 is 33.0 Å². The van der Waals surface area contributed by atoms with Crippen LogP contribution in [0.3, 0.4) is 0 Å². The zero-order valence-corrected chi connectivity index (χ0v) is 16.7. The van der Waals surface area contributed by atoms with Crippen molar-refractivity contribution < 1.29 is 17.6 Å². The molecule has 0 saturated carbocycles. The molecule has 0 aromatic heterocycles. The quantitative estimate of drug-likeness (QED) is 0.759. The molecule has 2 aliphatic heterocycles. The first-order chi connectivity index (χ1) is 13.3. The van der Waals surface area contributed by atoms with Gasteiger partial charge in [-0.05, 0) is 48.4 Å². The normalized spacial score (nSPS) is 24.4. The zero-order valence-electron chi connectivity index (χ0n) is 15.1. The predicted octanol–water partition coefficient (Wildman–Crippen LogP) is 2.54. The van der Waals surface area contributed by atoms with E-state index in [0.717, 1.165) is 5.56 Å². The molecule has 28 heavy (non-hydrogen) atoms. The number of amides is 1. The van der Waals surface area contributed by atoms with Crippen LogP contribution >= 0.6 is 11.6 Å². The summed E-state index contributed by atoms with van der Waals surface area (Å²) in [5.74, 6) is -0.422. The molecule has 4 rings (SSSR count). The minimum absolute atomic E-state index is 0.0401. The molecular formula is C20H20ClFN2O3S. The molecule has 2 fully saturated rings. The van der Waals surface area contributed by atoms with Gasteiger partial charge in [0.1, 0.15) is 5.82 Å². The van der Waals surface area contributed by atoms with E-state index in [1.54, 1.807) is 41.3 Å². The zero-order chi connectivity index (χ0) is 19.9. The van der Waals surface area contributed by atoms with Gasteiger partial charge in [0.15, 0.2) is 9.84 Å². The number of benzene rings is 2. The van der Waals surface area contributed by atoms with E-state index in [2.05, 4.69) is 0 Å². The highest BCUT2D eigenvalue weighted by molar-refractivity contribution is 7.91. The molecule has 5 nitrogen and oxygen atoms in total. The minimum atomic E-state index is -3.23. The highest BCUT2D eigenvalue weighted by Gasteiger charge is 2.49. The Kier molecular flexibility index (Phi) is 5.16. The lowest BCUT2D eigenvalue weighted by Crippen LogP contribution is -2.62. The Bertz CT molecular complexity index is 980. The van der Waals surface area contributed by atoms with Crippen LogP contribution in [-0.4, -0.2) is 55.9 Å². The van der Waals surface area contributed by atoms with Crippen LogP contribution in [0.25, 0.3) is 0 Å². The minimum Gasteiger partial charge on any atom is -0.306 e. The molecule has 2 aromatic rings. The van der Waals surface area contributed by atoms with Crippen LogP contribution in [0.1, 0.15) is 5.56 Å². The van der Waals surface area contributed by atoms with Crippen LogP contribution < -0.4 is 4.90 Å². The van der Waals surface area contributed by atoms with Crippen molar-refractivity contribution in [2.24, 2.45) is 0 Å². The number of halogens is 2. The van der Waals surface area contributed by atoms with Crippen LogP contribution in [0, 0.1) is 5.82 Å². The van der Waals surface area contributed by atoms with Gasteiger partial charge < -0.3 is 4.90 Å². The monoisotopic (exact) mass is 422 g/mol. The van der Waals surface area contributed by atoms with Crippen LogP contribution in [0.5, 0.6) is 0 Å². The average molecular weight is 423 g/mol. The fraction of sp³-hybridized carbons (Fsp3) is 0.350. The molecule has 148 valence electrons. The first kappa shape index (κ1) is 19.4. The maximum absolute atomic E-state index is 13.1. The van der Waals surface area contributed by atoms with Gasteiger partial charge >= 0.3 is 0 Å². The Morgan fingerprint density at radius 3 is 2.32 bits per heavy atom. The fourth-order valence-corrected chi connectivity index (χ4v) is 6.17. The Morgan fingerprint density at radius 1 is 1.00 bits per heavy atom. The summed E-state index contributed by atoms with van der Waals surface area (Å²) in [4.78, 5) is 16.5. The third-order valence-corrected chi connectivity index (χ3v) is 7.36. The number of sulfone groups is 1. The molecule has 0 unspecified atom stereocenters. The van der Waals surface area contributed by atoms with Crippen LogP contribution in [0.2, 0.25) is 5.02 Å². The van der Waals surface area contributed by atoms with Crippen LogP contribution in [-0.2, 0) is 21.1 Å². The van der Waals surface area contributed by atoms with Gasteiger partial charge in [-0.25, -0.2) is 12.8 Å². The number of carbonyl (C=O) groups is 1. The molecule has 0 bridgehead atoms. The summed E-state index contributed by atoms with van der Waals surface area (Å²) in [5.41, 5.74) is 1.62. The summed E-state index contributed by atoms with van der Waals surface area (Å²) >= 11 is 5.94. The van der Waals surface area contributed by atoms with Gasteiger partial charge in [0.25, 0.3) is 0 Å². The summed E-state index contributed by atoms with van der Waals surface area (Å²) in [6.07, 6.45) is 0.623. The molecule has 8 heteroatoms. The SMILES string of the molecule is O=C1CN(CCc2ccc(F)cc2)[C@H]2CS(=O)(=O)C[C@@H]2N1c1ccc(Cl)cc1. The van der Waals surface area contributed by atoms with E-state index in [9.17, 15) is 17.6 Å². The lowest BCUT2D eigenvalue weighted by atomic mass is 10.0. The van der Waals surface area contributed by atoms with Gasteiger partial charge in [0, 0.05) is 23.3 Å². The number of carbonyl (C=O) groups excluding carboxylic acids is 1. The topological polar surface area (TPSA) is 57.7 Å². The average Bonchev–Trinajstić information content (AvgIpc) is 2.97. The molecule has 1 amide bonds. The second-order valence-corrected chi connectivity index (χ2v) is 9.89. The smallest absolute Gasteiger partial charge is 0.241 e. The number of anilines is 1. The first-order valence-electron chi connectivity index (χ1n) is 9.09. The van der Waals surface area contributed by atoms with E-state index in [4.69, 9.17) is 11.6 Å². The highest BCUT2D eigenvalue weighted by atomic mass is 35.5. The molecule has 2 aliphatic rings. The standard InChI is InChI=1S/C20H20ClFN2O3S/c21-15-3-7-17(8-4-15)24-19-13-28(26,27)12-18(19)23(11-20(24)25)10-9-14-1-5-16(22)6-2-14/h1-8,18-19H,9-13H2/t18-,19-/m0/s1. The van der Waals surface area contributed by atoms with Gasteiger partial charge in [-0.3, -0.25) is 9.69 Å². The lowest BCUT2D eigenvalue weighted by molar-refractivity contribution is -0.123. The van der Waals surface area contributed by atoms with Crippen LogP contribution in [0.15, 0.2) is 48.5 Å². The lowest BCUT2D eigenvalue weighted by Gasteiger charge is -2.43. The van der Waals surface area contributed by atoms with Crippen molar-refractivity contribution in [2.45, 2.75) is 18.5 Å². The number of rotatable bonds is 4. The first-order valence-corrected chi connectivity index (χ1v) is 11.3. The fourth-order valence-electron chi connectivity index (χ4n) is 4.06. The summed E-state index contributed by atoms with van der Waals surface area (Å²) in [7, 11) is -3.23. The number of fused-ring (bicyclic) bond motifs is 1. The van der Waals surface area contributed by atoms with E-state index in [1.165, 1.54) is 12.1 Å². The largest absolute Gasteiger partial charge is 0.306 e. The molecule has 2 heterocycles. The second-order valence-electron chi connectivity index (χ2n) is 7.30. The predicted molar refractivity (Wildman–Crippen MR) is 107 cm³/mol. The van der Waals surface area contributed by atoms with Gasteiger partial charge in [0.2, 0.25) is 5.91 Å². The summed E-state index contributed by atoms with van der Waals surface area (Å²) in [6.45, 7) is 0.697. The van der Waals surface area contributed by atoms with Crippen molar-refractivity contribution in [3.8, 4) is 0 Å². The molecule has 2 atom stereocenters.